The maximum absolute atomic E-state index is 13.7. The molecule has 9 heteroatoms. The lowest BCUT2D eigenvalue weighted by Gasteiger charge is -2.37. The lowest BCUT2D eigenvalue weighted by atomic mass is 9.89. The monoisotopic (exact) mass is 403 g/mol. The van der Waals surface area contributed by atoms with Crippen LogP contribution in [0.3, 0.4) is 0 Å². The zero-order valence-corrected chi connectivity index (χ0v) is 15.5. The number of piperidine rings is 1. The Hall–Kier alpha value is -2.81. The van der Waals surface area contributed by atoms with Gasteiger partial charge in [-0.15, -0.1) is 0 Å². The van der Waals surface area contributed by atoms with Crippen LogP contribution in [-0.4, -0.2) is 51.5 Å². The minimum absolute atomic E-state index is 0.164. The molecular weight excluding hydrogens is 384 g/mol. The fraction of sp³-hybridized carbons (Fsp3) is 0.450. The van der Waals surface area contributed by atoms with E-state index in [-0.39, 0.29) is 17.5 Å². The Labute approximate surface area is 165 Å². The van der Waals surface area contributed by atoms with Gasteiger partial charge in [0.15, 0.2) is 17.7 Å². The number of rotatable bonds is 2. The van der Waals surface area contributed by atoms with Crippen molar-refractivity contribution in [1.29, 1.82) is 0 Å². The third-order valence-corrected chi connectivity index (χ3v) is 6.10. The number of ether oxygens (including phenoxy) is 1. The number of carbonyl (C=O) groups excluding carboxylic acids is 2. The van der Waals surface area contributed by atoms with Gasteiger partial charge in [-0.25, -0.2) is 13.8 Å². The number of aromatic nitrogens is 1. The van der Waals surface area contributed by atoms with Gasteiger partial charge >= 0.3 is 0 Å². The van der Waals surface area contributed by atoms with Crippen molar-refractivity contribution in [2.45, 2.75) is 43.6 Å². The number of hydrogen-bond acceptors (Lipinski definition) is 5. The Morgan fingerprint density at radius 2 is 1.86 bits per heavy atom. The molecule has 1 spiro atoms. The van der Waals surface area contributed by atoms with Crippen LogP contribution < -0.4 is 0 Å². The minimum atomic E-state index is -0.990. The lowest BCUT2D eigenvalue weighted by Crippen LogP contribution is -2.51. The van der Waals surface area contributed by atoms with Crippen molar-refractivity contribution in [2.24, 2.45) is 0 Å². The molecule has 0 bridgehead atoms. The van der Waals surface area contributed by atoms with Crippen LogP contribution in [0.15, 0.2) is 35.3 Å². The average molecular weight is 403 g/mol. The molecule has 1 aromatic heterocycles. The molecule has 3 saturated heterocycles. The predicted molar refractivity (Wildman–Crippen MR) is 94.4 cm³/mol. The van der Waals surface area contributed by atoms with Gasteiger partial charge in [0.2, 0.25) is 0 Å². The van der Waals surface area contributed by atoms with E-state index in [1.54, 1.807) is 9.80 Å². The molecule has 0 saturated carbocycles. The first-order valence-electron chi connectivity index (χ1n) is 9.61. The largest absolute Gasteiger partial charge is 0.451 e. The summed E-state index contributed by atoms with van der Waals surface area (Å²) in [5, 5.41) is 0. The number of nitrogens with zero attached hydrogens (tertiary/aromatic N) is 3. The third-order valence-electron chi connectivity index (χ3n) is 6.10. The molecule has 2 atom stereocenters. The molecule has 152 valence electrons. The minimum Gasteiger partial charge on any atom is -0.451 e. The maximum atomic E-state index is 13.7. The predicted octanol–water partition coefficient (Wildman–Crippen LogP) is 2.65. The third kappa shape index (κ3) is 2.91. The van der Waals surface area contributed by atoms with Gasteiger partial charge < -0.3 is 19.0 Å². The Balaban J connectivity index is 1.33. The van der Waals surface area contributed by atoms with Gasteiger partial charge in [0, 0.05) is 32.0 Å². The average Bonchev–Trinajstić information content (AvgIpc) is 3.41. The Morgan fingerprint density at radius 3 is 2.52 bits per heavy atom. The molecule has 1 aromatic carbocycles. The van der Waals surface area contributed by atoms with Crippen LogP contribution in [0.1, 0.15) is 47.8 Å². The molecule has 2 aromatic rings. The van der Waals surface area contributed by atoms with Gasteiger partial charge in [-0.2, -0.15) is 0 Å². The topological polar surface area (TPSA) is 75.9 Å². The molecule has 2 unspecified atom stereocenters. The zero-order chi connectivity index (χ0) is 20.2. The van der Waals surface area contributed by atoms with E-state index in [4.69, 9.17) is 9.15 Å². The molecule has 0 aliphatic carbocycles. The van der Waals surface area contributed by atoms with Gasteiger partial charge in [-0.1, -0.05) is 0 Å². The number of halogens is 2. The smallest absolute Gasteiger partial charge is 0.275 e. The van der Waals surface area contributed by atoms with Crippen LogP contribution >= 0.6 is 0 Å². The molecule has 4 heterocycles. The van der Waals surface area contributed by atoms with E-state index in [0.717, 1.165) is 6.07 Å². The number of hydrogen-bond donors (Lipinski definition) is 0. The van der Waals surface area contributed by atoms with E-state index in [9.17, 15) is 18.4 Å². The summed E-state index contributed by atoms with van der Waals surface area (Å²) in [7, 11) is 0. The summed E-state index contributed by atoms with van der Waals surface area (Å²) in [6.45, 7) is 0.717. The fourth-order valence-electron chi connectivity index (χ4n) is 4.69. The highest BCUT2D eigenvalue weighted by atomic mass is 19.1. The SMILES string of the molecule is O=C(c1cocn1)N1CCC2(CC1)OC1CCC(c3cc(F)cc(F)c3)N1C2=O. The fourth-order valence-corrected chi connectivity index (χ4v) is 4.69. The summed E-state index contributed by atoms with van der Waals surface area (Å²) in [5.41, 5.74) is -0.318. The molecule has 29 heavy (non-hydrogen) atoms. The number of benzene rings is 1. The van der Waals surface area contributed by atoms with Crippen molar-refractivity contribution in [3.63, 3.8) is 0 Å². The molecular formula is C20H19F2N3O4. The molecule has 0 radical (unpaired) electrons. The first-order chi connectivity index (χ1) is 14.0. The van der Waals surface area contributed by atoms with Gasteiger partial charge in [0.1, 0.15) is 24.1 Å². The van der Waals surface area contributed by atoms with Crippen molar-refractivity contribution in [1.82, 2.24) is 14.8 Å². The summed E-state index contributed by atoms with van der Waals surface area (Å²) in [6, 6.07) is 2.95. The van der Waals surface area contributed by atoms with E-state index in [1.165, 1.54) is 24.8 Å². The molecule has 7 nitrogen and oxygen atoms in total. The van der Waals surface area contributed by atoms with Crippen LogP contribution in [0.25, 0.3) is 0 Å². The first-order valence-corrected chi connectivity index (χ1v) is 9.61. The van der Waals surface area contributed by atoms with Gasteiger partial charge in [0.05, 0.1) is 6.04 Å². The van der Waals surface area contributed by atoms with E-state index in [2.05, 4.69) is 4.98 Å². The van der Waals surface area contributed by atoms with Crippen LogP contribution in [-0.2, 0) is 9.53 Å². The number of amides is 2. The molecule has 3 aliphatic heterocycles. The highest BCUT2D eigenvalue weighted by Crippen LogP contribution is 2.47. The Kier molecular flexibility index (Phi) is 4.16. The summed E-state index contributed by atoms with van der Waals surface area (Å²) < 4.78 is 38.4. The quantitative estimate of drug-likeness (QED) is 0.771. The second-order valence-electron chi connectivity index (χ2n) is 7.74. The highest BCUT2D eigenvalue weighted by molar-refractivity contribution is 5.93. The Bertz CT molecular complexity index is 936. The normalized spacial score (nSPS) is 25.7. The van der Waals surface area contributed by atoms with Crippen LogP contribution in [0, 0.1) is 11.6 Å². The maximum Gasteiger partial charge on any atom is 0.275 e. The van der Waals surface area contributed by atoms with Crippen LogP contribution in [0.4, 0.5) is 8.78 Å². The van der Waals surface area contributed by atoms with Crippen molar-refractivity contribution < 1.29 is 27.5 Å². The summed E-state index contributed by atoms with van der Waals surface area (Å²) in [5.74, 6) is -1.73. The zero-order valence-electron chi connectivity index (χ0n) is 15.5. The summed E-state index contributed by atoms with van der Waals surface area (Å²) in [4.78, 5) is 32.9. The van der Waals surface area contributed by atoms with Crippen molar-refractivity contribution in [3.05, 3.63) is 53.7 Å². The molecule has 2 amide bonds. The van der Waals surface area contributed by atoms with Crippen LogP contribution in [0.2, 0.25) is 0 Å². The van der Waals surface area contributed by atoms with Gasteiger partial charge in [-0.05, 0) is 30.5 Å². The van der Waals surface area contributed by atoms with Crippen molar-refractivity contribution in [3.8, 4) is 0 Å². The molecule has 3 aliphatic rings. The molecule has 0 N–H and O–H groups in total. The second kappa shape index (κ2) is 6.62. The van der Waals surface area contributed by atoms with Crippen molar-refractivity contribution >= 4 is 11.8 Å². The Morgan fingerprint density at radius 1 is 1.14 bits per heavy atom. The van der Waals surface area contributed by atoms with E-state index < -0.39 is 29.5 Å². The molecule has 3 fully saturated rings. The van der Waals surface area contributed by atoms with Gasteiger partial charge in [-0.3, -0.25) is 9.59 Å². The highest BCUT2D eigenvalue weighted by Gasteiger charge is 2.58. The summed E-state index contributed by atoms with van der Waals surface area (Å²) >= 11 is 0. The summed E-state index contributed by atoms with van der Waals surface area (Å²) in [6.07, 6.45) is 4.02. The first kappa shape index (κ1) is 18.2. The van der Waals surface area contributed by atoms with Gasteiger partial charge in [0.25, 0.3) is 11.8 Å². The van der Waals surface area contributed by atoms with Crippen molar-refractivity contribution in [2.75, 3.05) is 13.1 Å². The molecule has 5 rings (SSSR count). The number of fused-ring (bicyclic) bond motifs is 1. The lowest BCUT2D eigenvalue weighted by molar-refractivity contribution is -0.142. The van der Waals surface area contributed by atoms with E-state index >= 15 is 0 Å². The van der Waals surface area contributed by atoms with E-state index in [1.807, 2.05) is 0 Å². The standard InChI is InChI=1S/C20H19F2N3O4/c21-13-7-12(8-14(22)9-13)16-1-2-17-25(16)19(27)20(29-17)3-5-24(6-4-20)18(26)15-10-28-11-23-15/h7-11,16-17H,1-6H2. The number of likely N-dealkylation sites (tertiary alicyclic amines) is 1. The van der Waals surface area contributed by atoms with Crippen LogP contribution in [0.5, 0.6) is 0 Å². The van der Waals surface area contributed by atoms with E-state index in [0.29, 0.717) is 44.3 Å². The number of oxazole rings is 1. The second-order valence-corrected chi connectivity index (χ2v) is 7.74. The number of carbonyl (C=O) groups is 2.